The molecule has 0 unspecified atom stereocenters. The van der Waals surface area contributed by atoms with Crippen LogP contribution in [0.2, 0.25) is 0 Å². The fraction of sp³-hybridized carbons (Fsp3) is 0.375. The first kappa shape index (κ1) is 15.3. The Morgan fingerprint density at radius 3 is 2.69 bits per heavy atom. The third-order valence-electron chi connectivity index (χ3n) is 1.64. The molecule has 0 fully saturated rings. The molecule has 0 aliphatic carbocycles. The maximum absolute atomic E-state index is 12.7. The lowest BCUT2D eigenvalue weighted by Gasteiger charge is -2.13. The van der Waals surface area contributed by atoms with Crippen LogP contribution in [0.3, 0.4) is 0 Å². The van der Waals surface area contributed by atoms with Gasteiger partial charge in [0.05, 0.1) is 18.7 Å². The molecule has 1 heterocycles. The Labute approximate surface area is 105 Å². The topological polar surface area (TPSA) is 68.3 Å². The predicted molar refractivity (Wildman–Crippen MR) is 60.0 cm³/mol. The summed E-state index contributed by atoms with van der Waals surface area (Å²) in [4.78, 5) is 11.3. The second-order valence-corrected chi connectivity index (χ2v) is 3.66. The second-order valence-electron chi connectivity index (χ2n) is 2.88. The number of alkyl halides is 2. The SMILES string of the molecule is Cl.NCC(F)(F)CNC(=O)c1coc(Br)c1. The largest absolute Gasteiger partial charge is 0.457 e. The van der Waals surface area contributed by atoms with E-state index in [4.69, 9.17) is 10.2 Å². The minimum absolute atomic E-state index is 0. The summed E-state index contributed by atoms with van der Waals surface area (Å²) in [7, 11) is 0. The van der Waals surface area contributed by atoms with Gasteiger partial charge in [-0.1, -0.05) is 0 Å². The first-order chi connectivity index (χ1) is 6.94. The molecule has 92 valence electrons. The molecule has 0 saturated heterocycles. The maximum atomic E-state index is 12.7. The zero-order chi connectivity index (χ0) is 11.5. The minimum Gasteiger partial charge on any atom is -0.457 e. The first-order valence-corrected chi connectivity index (χ1v) is 4.84. The van der Waals surface area contributed by atoms with Crippen LogP contribution in [-0.2, 0) is 0 Å². The number of hydrogen-bond acceptors (Lipinski definition) is 3. The number of amides is 1. The Balaban J connectivity index is 0.00000225. The molecule has 4 nitrogen and oxygen atoms in total. The van der Waals surface area contributed by atoms with Crippen LogP contribution in [0.4, 0.5) is 8.78 Å². The molecule has 0 saturated carbocycles. The monoisotopic (exact) mass is 318 g/mol. The number of rotatable bonds is 4. The van der Waals surface area contributed by atoms with E-state index in [2.05, 4.69) is 21.2 Å². The van der Waals surface area contributed by atoms with E-state index in [9.17, 15) is 13.6 Å². The van der Waals surface area contributed by atoms with Crippen molar-refractivity contribution < 1.29 is 18.0 Å². The third-order valence-corrected chi connectivity index (χ3v) is 2.05. The van der Waals surface area contributed by atoms with Crippen LogP contribution >= 0.6 is 28.3 Å². The van der Waals surface area contributed by atoms with Crippen molar-refractivity contribution in [3.63, 3.8) is 0 Å². The van der Waals surface area contributed by atoms with Crippen molar-refractivity contribution in [2.24, 2.45) is 5.73 Å². The third kappa shape index (κ3) is 4.46. The summed E-state index contributed by atoms with van der Waals surface area (Å²) in [5.41, 5.74) is 4.98. The normalized spacial score (nSPS) is 10.8. The van der Waals surface area contributed by atoms with Crippen molar-refractivity contribution in [1.82, 2.24) is 5.32 Å². The van der Waals surface area contributed by atoms with Crippen LogP contribution in [0.25, 0.3) is 0 Å². The Morgan fingerprint density at radius 2 is 2.25 bits per heavy atom. The van der Waals surface area contributed by atoms with E-state index in [-0.39, 0.29) is 18.0 Å². The highest BCUT2D eigenvalue weighted by Crippen LogP contribution is 2.14. The molecule has 0 aliphatic rings. The zero-order valence-electron chi connectivity index (χ0n) is 8.00. The lowest BCUT2D eigenvalue weighted by atomic mass is 10.3. The summed E-state index contributed by atoms with van der Waals surface area (Å²) in [5, 5.41) is 2.05. The number of furan rings is 1. The lowest BCUT2D eigenvalue weighted by Crippen LogP contribution is -2.41. The zero-order valence-corrected chi connectivity index (χ0v) is 10.4. The molecule has 16 heavy (non-hydrogen) atoms. The van der Waals surface area contributed by atoms with Crippen LogP contribution in [0.5, 0.6) is 0 Å². The molecular weight excluding hydrogens is 309 g/mol. The van der Waals surface area contributed by atoms with Crippen molar-refractivity contribution in [3.8, 4) is 0 Å². The van der Waals surface area contributed by atoms with E-state index in [0.29, 0.717) is 4.67 Å². The highest BCUT2D eigenvalue weighted by atomic mass is 79.9. The highest BCUT2D eigenvalue weighted by molar-refractivity contribution is 9.10. The molecule has 0 spiro atoms. The number of carbonyl (C=O) groups is 1. The molecule has 1 aromatic heterocycles. The lowest BCUT2D eigenvalue weighted by molar-refractivity contribution is 0.0118. The second kappa shape index (κ2) is 6.17. The van der Waals surface area contributed by atoms with Gasteiger partial charge in [0.15, 0.2) is 4.67 Å². The Kier molecular flexibility index (Phi) is 5.91. The first-order valence-electron chi connectivity index (χ1n) is 4.05. The summed E-state index contributed by atoms with van der Waals surface area (Å²) in [5.74, 6) is -3.71. The molecule has 3 N–H and O–H groups in total. The highest BCUT2D eigenvalue weighted by Gasteiger charge is 2.27. The van der Waals surface area contributed by atoms with Gasteiger partial charge >= 0.3 is 0 Å². The van der Waals surface area contributed by atoms with Crippen molar-refractivity contribution in [2.45, 2.75) is 5.92 Å². The van der Waals surface area contributed by atoms with E-state index < -0.39 is 24.9 Å². The van der Waals surface area contributed by atoms with Crippen LogP contribution < -0.4 is 11.1 Å². The molecule has 0 bridgehead atoms. The Hall–Kier alpha value is -0.660. The van der Waals surface area contributed by atoms with E-state index in [0.717, 1.165) is 0 Å². The number of nitrogens with one attached hydrogen (secondary N) is 1. The Morgan fingerprint density at radius 1 is 1.62 bits per heavy atom. The van der Waals surface area contributed by atoms with Gasteiger partial charge in [-0.3, -0.25) is 4.79 Å². The van der Waals surface area contributed by atoms with E-state index in [1.54, 1.807) is 0 Å². The Bertz CT molecular complexity index is 360. The van der Waals surface area contributed by atoms with Gasteiger partial charge in [0.1, 0.15) is 6.26 Å². The van der Waals surface area contributed by atoms with Crippen LogP contribution in [0.1, 0.15) is 10.4 Å². The van der Waals surface area contributed by atoms with E-state index >= 15 is 0 Å². The van der Waals surface area contributed by atoms with Gasteiger partial charge in [-0.2, -0.15) is 0 Å². The van der Waals surface area contributed by atoms with Crippen LogP contribution in [0.15, 0.2) is 21.4 Å². The molecule has 0 aromatic carbocycles. The van der Waals surface area contributed by atoms with Gasteiger partial charge in [0, 0.05) is 6.07 Å². The van der Waals surface area contributed by atoms with Crippen molar-refractivity contribution in [2.75, 3.05) is 13.1 Å². The molecule has 0 radical (unpaired) electrons. The van der Waals surface area contributed by atoms with Gasteiger partial charge in [-0.15, -0.1) is 12.4 Å². The number of carbonyl (C=O) groups excluding carboxylic acids is 1. The summed E-state index contributed by atoms with van der Waals surface area (Å²) in [6.07, 6.45) is 1.17. The van der Waals surface area contributed by atoms with Crippen molar-refractivity contribution in [1.29, 1.82) is 0 Å². The average Bonchev–Trinajstić information content (AvgIpc) is 2.61. The fourth-order valence-electron chi connectivity index (χ4n) is 0.813. The summed E-state index contributed by atoms with van der Waals surface area (Å²) >= 11 is 2.99. The smallest absolute Gasteiger partial charge is 0.277 e. The van der Waals surface area contributed by atoms with E-state index in [1.165, 1.54) is 12.3 Å². The van der Waals surface area contributed by atoms with Gasteiger partial charge in [-0.05, 0) is 15.9 Å². The molecule has 1 amide bonds. The molecule has 1 rings (SSSR count). The average molecular weight is 320 g/mol. The van der Waals surface area contributed by atoms with Crippen LogP contribution in [0, 0.1) is 0 Å². The number of hydrogen-bond donors (Lipinski definition) is 2. The standard InChI is InChI=1S/C8H9BrF2N2O2.ClH/c9-6-1-5(2-15-6)7(14)13-4-8(10,11)3-12;/h1-2H,3-4,12H2,(H,13,14);1H. The number of nitrogens with two attached hydrogens (primary N) is 1. The predicted octanol–water partition coefficient (Wildman–Crippen LogP) is 1.79. The molecule has 1 aromatic rings. The summed E-state index contributed by atoms with van der Waals surface area (Å²) in [6, 6.07) is 1.38. The van der Waals surface area contributed by atoms with Crippen LogP contribution in [-0.4, -0.2) is 24.9 Å². The van der Waals surface area contributed by atoms with Gasteiger partial charge in [0.2, 0.25) is 0 Å². The van der Waals surface area contributed by atoms with Crippen molar-refractivity contribution in [3.05, 3.63) is 22.6 Å². The quantitative estimate of drug-likeness (QED) is 0.889. The van der Waals surface area contributed by atoms with Gasteiger partial charge < -0.3 is 15.5 Å². The van der Waals surface area contributed by atoms with Gasteiger partial charge in [0.25, 0.3) is 11.8 Å². The fourth-order valence-corrected chi connectivity index (χ4v) is 1.15. The summed E-state index contributed by atoms with van der Waals surface area (Å²) < 4.78 is 30.5. The molecular formula is C8H10BrClF2N2O2. The summed E-state index contributed by atoms with van der Waals surface area (Å²) in [6.45, 7) is -1.59. The number of halogens is 4. The molecule has 8 heteroatoms. The van der Waals surface area contributed by atoms with E-state index in [1.807, 2.05) is 0 Å². The molecule has 0 atom stereocenters. The molecule has 0 aliphatic heterocycles. The maximum Gasteiger partial charge on any atom is 0.277 e. The minimum atomic E-state index is -3.09. The van der Waals surface area contributed by atoms with Crippen molar-refractivity contribution >= 4 is 34.2 Å². The van der Waals surface area contributed by atoms with Gasteiger partial charge in [-0.25, -0.2) is 8.78 Å².